The van der Waals surface area contributed by atoms with E-state index in [0.717, 1.165) is 39.4 Å². The third kappa shape index (κ3) is 2.60. The van der Waals surface area contributed by atoms with Crippen molar-refractivity contribution in [3.8, 4) is 17.0 Å². The van der Waals surface area contributed by atoms with Gasteiger partial charge in [-0.05, 0) is 37.3 Å². The number of rotatable bonds is 5. The number of nitrogens with one attached hydrogen (secondary N) is 2. The van der Waals surface area contributed by atoms with E-state index in [1.165, 1.54) is 0 Å². The number of hydrogen-bond acceptors (Lipinski definition) is 5. The van der Waals surface area contributed by atoms with Crippen LogP contribution in [0.25, 0.3) is 22.3 Å². The lowest BCUT2D eigenvalue weighted by Gasteiger charge is -2.07. The van der Waals surface area contributed by atoms with Crippen molar-refractivity contribution in [2.75, 3.05) is 25.6 Å². The lowest BCUT2D eigenvalue weighted by Crippen LogP contribution is -2.06. The molecule has 0 aliphatic rings. The van der Waals surface area contributed by atoms with Crippen LogP contribution in [0.15, 0.2) is 30.3 Å². The summed E-state index contributed by atoms with van der Waals surface area (Å²) in [6.07, 6.45) is 0. The largest absolute Gasteiger partial charge is 0.497 e. The van der Waals surface area contributed by atoms with Crippen LogP contribution in [0.5, 0.6) is 5.75 Å². The molecule has 3 aromatic rings. The van der Waals surface area contributed by atoms with E-state index in [2.05, 4.69) is 20.5 Å². The van der Waals surface area contributed by atoms with Crippen molar-refractivity contribution in [2.24, 2.45) is 0 Å². The quantitative estimate of drug-likeness (QED) is 0.673. The standard InChI is InChI=1S/C16H18N4O2/c1-10-9-13(17-7-8-21)15-16(18-10)14(19-20-15)11-3-5-12(22-2)6-4-11/h3-6,9,21H,7-8H2,1-2H3,(H,17,18)(H,19,20). The number of nitrogens with zero attached hydrogens (tertiary/aromatic N) is 2. The first-order valence-corrected chi connectivity index (χ1v) is 7.08. The smallest absolute Gasteiger partial charge is 0.118 e. The molecule has 0 saturated carbocycles. The van der Waals surface area contributed by atoms with Gasteiger partial charge in [-0.1, -0.05) is 0 Å². The molecular formula is C16H18N4O2. The molecule has 0 aliphatic carbocycles. The van der Waals surface area contributed by atoms with Crippen LogP contribution >= 0.6 is 0 Å². The zero-order valence-corrected chi connectivity index (χ0v) is 12.6. The number of aliphatic hydroxyl groups excluding tert-OH is 1. The number of aryl methyl sites for hydroxylation is 1. The Morgan fingerprint density at radius 2 is 2.05 bits per heavy atom. The summed E-state index contributed by atoms with van der Waals surface area (Å²) in [7, 11) is 1.64. The Labute approximate surface area is 128 Å². The maximum absolute atomic E-state index is 8.99. The first kappa shape index (κ1) is 14.3. The summed E-state index contributed by atoms with van der Waals surface area (Å²) in [5.74, 6) is 0.804. The maximum Gasteiger partial charge on any atom is 0.118 e. The number of anilines is 1. The van der Waals surface area contributed by atoms with Gasteiger partial charge in [-0.25, -0.2) is 4.98 Å². The maximum atomic E-state index is 8.99. The summed E-state index contributed by atoms with van der Waals surface area (Å²) in [6.45, 7) is 2.49. The Hall–Kier alpha value is -2.60. The van der Waals surface area contributed by atoms with E-state index in [1.807, 2.05) is 37.3 Å². The molecule has 3 rings (SSSR count). The van der Waals surface area contributed by atoms with Crippen molar-refractivity contribution in [1.82, 2.24) is 15.2 Å². The summed E-state index contributed by atoms with van der Waals surface area (Å²) in [5.41, 5.74) is 5.20. The molecule has 0 amide bonds. The molecule has 0 radical (unpaired) electrons. The molecule has 3 N–H and O–H groups in total. The third-order valence-electron chi connectivity index (χ3n) is 3.44. The number of aliphatic hydroxyl groups is 1. The average molecular weight is 298 g/mol. The first-order chi connectivity index (χ1) is 10.7. The predicted octanol–water partition coefficient (Wildman–Crippen LogP) is 2.35. The van der Waals surface area contributed by atoms with Gasteiger partial charge in [0.15, 0.2) is 0 Å². The summed E-state index contributed by atoms with van der Waals surface area (Å²) < 4.78 is 5.18. The van der Waals surface area contributed by atoms with E-state index in [4.69, 9.17) is 9.84 Å². The molecule has 0 bridgehead atoms. The van der Waals surface area contributed by atoms with Gasteiger partial charge >= 0.3 is 0 Å². The van der Waals surface area contributed by atoms with Crippen LogP contribution in [-0.4, -0.2) is 40.5 Å². The van der Waals surface area contributed by atoms with Gasteiger partial charge in [0.2, 0.25) is 0 Å². The highest BCUT2D eigenvalue weighted by molar-refractivity contribution is 5.96. The van der Waals surface area contributed by atoms with Gasteiger partial charge in [0, 0.05) is 17.8 Å². The Bertz CT molecular complexity index is 781. The van der Waals surface area contributed by atoms with Gasteiger partial charge in [-0.15, -0.1) is 0 Å². The fourth-order valence-electron chi connectivity index (χ4n) is 2.40. The van der Waals surface area contributed by atoms with Crippen molar-refractivity contribution in [2.45, 2.75) is 6.92 Å². The highest BCUT2D eigenvalue weighted by Gasteiger charge is 2.13. The minimum atomic E-state index is 0.0718. The molecule has 0 aliphatic heterocycles. The number of aromatic nitrogens is 3. The van der Waals surface area contributed by atoms with Crippen molar-refractivity contribution >= 4 is 16.7 Å². The van der Waals surface area contributed by atoms with Crippen LogP contribution in [-0.2, 0) is 0 Å². The highest BCUT2D eigenvalue weighted by atomic mass is 16.5. The fourth-order valence-corrected chi connectivity index (χ4v) is 2.40. The third-order valence-corrected chi connectivity index (χ3v) is 3.44. The van der Waals surface area contributed by atoms with Crippen molar-refractivity contribution in [1.29, 1.82) is 0 Å². The molecule has 6 heteroatoms. The zero-order chi connectivity index (χ0) is 15.5. The number of H-pyrrole nitrogens is 1. The number of aromatic amines is 1. The topological polar surface area (TPSA) is 83.1 Å². The second kappa shape index (κ2) is 6.03. The Morgan fingerprint density at radius 3 is 2.73 bits per heavy atom. The van der Waals surface area contributed by atoms with Crippen LogP contribution < -0.4 is 10.1 Å². The van der Waals surface area contributed by atoms with E-state index in [-0.39, 0.29) is 6.61 Å². The van der Waals surface area contributed by atoms with E-state index in [9.17, 15) is 0 Å². The van der Waals surface area contributed by atoms with Crippen LogP contribution in [0.1, 0.15) is 5.69 Å². The van der Waals surface area contributed by atoms with Crippen molar-refractivity contribution in [3.63, 3.8) is 0 Å². The molecule has 0 spiro atoms. The summed E-state index contributed by atoms with van der Waals surface area (Å²) in [5, 5.41) is 19.6. The average Bonchev–Trinajstić information content (AvgIpc) is 2.96. The summed E-state index contributed by atoms with van der Waals surface area (Å²) in [6, 6.07) is 9.65. The van der Waals surface area contributed by atoms with Crippen LogP contribution in [0.3, 0.4) is 0 Å². The Morgan fingerprint density at radius 1 is 1.27 bits per heavy atom. The summed E-state index contributed by atoms with van der Waals surface area (Å²) >= 11 is 0. The highest BCUT2D eigenvalue weighted by Crippen LogP contribution is 2.30. The molecule has 0 atom stereocenters. The van der Waals surface area contributed by atoms with Crippen LogP contribution in [0.4, 0.5) is 5.69 Å². The van der Waals surface area contributed by atoms with Crippen LogP contribution in [0, 0.1) is 6.92 Å². The van der Waals surface area contributed by atoms with E-state index < -0.39 is 0 Å². The number of methoxy groups -OCH3 is 1. The number of hydrogen-bond donors (Lipinski definition) is 3. The molecule has 2 heterocycles. The summed E-state index contributed by atoms with van der Waals surface area (Å²) in [4.78, 5) is 4.60. The Balaban J connectivity index is 2.08. The van der Waals surface area contributed by atoms with Gasteiger partial charge in [0.25, 0.3) is 0 Å². The first-order valence-electron chi connectivity index (χ1n) is 7.08. The normalized spacial score (nSPS) is 10.9. The molecule has 0 saturated heterocycles. The zero-order valence-electron chi connectivity index (χ0n) is 12.6. The fraction of sp³-hybridized carbons (Fsp3) is 0.250. The molecule has 0 unspecified atom stereocenters. The predicted molar refractivity (Wildman–Crippen MR) is 86.2 cm³/mol. The lowest BCUT2D eigenvalue weighted by molar-refractivity contribution is 0.311. The van der Waals surface area contributed by atoms with Gasteiger partial charge < -0.3 is 15.2 Å². The number of pyridine rings is 1. The van der Waals surface area contributed by atoms with E-state index in [0.29, 0.717) is 6.54 Å². The molecule has 0 fully saturated rings. The van der Waals surface area contributed by atoms with Gasteiger partial charge in [-0.2, -0.15) is 5.10 Å². The minimum Gasteiger partial charge on any atom is -0.497 e. The van der Waals surface area contributed by atoms with Crippen molar-refractivity contribution < 1.29 is 9.84 Å². The van der Waals surface area contributed by atoms with Gasteiger partial charge in [0.05, 0.1) is 19.4 Å². The van der Waals surface area contributed by atoms with Gasteiger partial charge in [0.1, 0.15) is 22.5 Å². The monoisotopic (exact) mass is 298 g/mol. The molecular weight excluding hydrogens is 280 g/mol. The van der Waals surface area contributed by atoms with E-state index >= 15 is 0 Å². The van der Waals surface area contributed by atoms with Crippen molar-refractivity contribution in [3.05, 3.63) is 36.0 Å². The molecule has 6 nitrogen and oxygen atoms in total. The molecule has 1 aromatic carbocycles. The van der Waals surface area contributed by atoms with Crippen LogP contribution in [0.2, 0.25) is 0 Å². The number of ether oxygens (including phenoxy) is 1. The number of fused-ring (bicyclic) bond motifs is 1. The Kier molecular flexibility index (Phi) is 3.93. The second-order valence-corrected chi connectivity index (χ2v) is 4.99. The molecule has 114 valence electrons. The molecule has 22 heavy (non-hydrogen) atoms. The molecule has 2 aromatic heterocycles. The van der Waals surface area contributed by atoms with Gasteiger partial charge in [-0.3, -0.25) is 5.10 Å². The lowest BCUT2D eigenvalue weighted by atomic mass is 10.1. The minimum absolute atomic E-state index is 0.0718. The van der Waals surface area contributed by atoms with E-state index in [1.54, 1.807) is 7.11 Å². The second-order valence-electron chi connectivity index (χ2n) is 4.99. The number of benzene rings is 1. The SMILES string of the molecule is COc1ccc(-c2n[nH]c3c(NCCO)cc(C)nc23)cc1.